The molecular weight excluding hydrogens is 425 g/mol. The van der Waals surface area contributed by atoms with Crippen LogP contribution in [0.1, 0.15) is 17.4 Å². The van der Waals surface area contributed by atoms with E-state index in [1.807, 2.05) is 17.5 Å². The van der Waals surface area contributed by atoms with Crippen LogP contribution in [0.15, 0.2) is 40.6 Å². The number of nitrogens with one attached hydrogen (secondary N) is 1. The molecule has 5 nitrogen and oxygen atoms in total. The lowest BCUT2D eigenvalue weighted by atomic mass is 10.2. The maximum Gasteiger partial charge on any atom is 0.416 e. The maximum atomic E-state index is 12.9. The number of rotatable bonds is 7. The molecule has 1 N–H and O–H groups in total. The Labute approximate surface area is 163 Å². The van der Waals surface area contributed by atoms with Gasteiger partial charge in [-0.3, -0.25) is 4.79 Å². The molecule has 0 atom stereocenters. The largest absolute Gasteiger partial charge is 0.416 e. The minimum Gasteiger partial charge on any atom is -0.350 e. The van der Waals surface area contributed by atoms with E-state index >= 15 is 0 Å². The molecule has 148 valence electrons. The number of halogens is 4. The van der Waals surface area contributed by atoms with Crippen LogP contribution in [0.5, 0.6) is 0 Å². The monoisotopic (exact) mass is 440 g/mol. The highest BCUT2D eigenvalue weighted by Crippen LogP contribution is 2.34. The van der Waals surface area contributed by atoms with E-state index in [0.29, 0.717) is 12.1 Å². The van der Waals surface area contributed by atoms with Gasteiger partial charge in [-0.2, -0.15) is 17.5 Å². The Hall–Kier alpha value is -1.62. The van der Waals surface area contributed by atoms with Gasteiger partial charge >= 0.3 is 6.18 Å². The van der Waals surface area contributed by atoms with E-state index in [4.69, 9.17) is 11.6 Å². The third-order valence-electron chi connectivity index (χ3n) is 3.59. The SMILES string of the molecule is CCN(CC(=O)NCc1cccs1)S(=O)(=O)c1cc(C(F)(F)F)ccc1Cl. The van der Waals surface area contributed by atoms with Gasteiger partial charge in [0.15, 0.2) is 0 Å². The Morgan fingerprint density at radius 2 is 2.00 bits per heavy atom. The predicted octanol–water partition coefficient (Wildman–Crippen LogP) is 3.75. The topological polar surface area (TPSA) is 66.5 Å². The minimum atomic E-state index is -4.72. The summed E-state index contributed by atoms with van der Waals surface area (Å²) in [6.07, 6.45) is -4.72. The molecule has 0 bridgehead atoms. The van der Waals surface area contributed by atoms with E-state index < -0.39 is 39.1 Å². The summed E-state index contributed by atoms with van der Waals surface area (Å²) in [7, 11) is -4.39. The van der Waals surface area contributed by atoms with Gasteiger partial charge in [0, 0.05) is 11.4 Å². The summed E-state index contributed by atoms with van der Waals surface area (Å²) in [6.45, 7) is 1.07. The fourth-order valence-electron chi connectivity index (χ4n) is 2.20. The first-order chi connectivity index (χ1) is 12.6. The molecule has 27 heavy (non-hydrogen) atoms. The molecule has 1 aromatic carbocycles. The molecule has 2 aromatic rings. The molecule has 11 heteroatoms. The predicted molar refractivity (Wildman–Crippen MR) is 97.1 cm³/mol. The van der Waals surface area contributed by atoms with Crippen molar-refractivity contribution in [2.45, 2.75) is 24.5 Å². The van der Waals surface area contributed by atoms with Crippen LogP contribution < -0.4 is 5.32 Å². The van der Waals surface area contributed by atoms with Gasteiger partial charge in [-0.05, 0) is 29.6 Å². The molecule has 1 heterocycles. The highest BCUT2D eigenvalue weighted by molar-refractivity contribution is 7.89. The molecule has 0 aliphatic rings. The Morgan fingerprint density at radius 3 is 2.56 bits per heavy atom. The second kappa shape index (κ2) is 8.59. The molecule has 0 unspecified atom stereocenters. The zero-order valence-corrected chi connectivity index (χ0v) is 16.5. The van der Waals surface area contributed by atoms with Crippen molar-refractivity contribution in [2.75, 3.05) is 13.1 Å². The second-order valence-electron chi connectivity index (χ2n) is 5.43. The van der Waals surface area contributed by atoms with Gasteiger partial charge in [-0.15, -0.1) is 11.3 Å². The number of sulfonamides is 1. The van der Waals surface area contributed by atoms with E-state index in [9.17, 15) is 26.4 Å². The highest BCUT2D eigenvalue weighted by Gasteiger charge is 2.34. The fraction of sp³-hybridized carbons (Fsp3) is 0.312. The van der Waals surface area contributed by atoms with Crippen molar-refractivity contribution in [3.05, 3.63) is 51.2 Å². The summed E-state index contributed by atoms with van der Waals surface area (Å²) >= 11 is 7.25. The summed E-state index contributed by atoms with van der Waals surface area (Å²) in [5, 5.41) is 4.06. The van der Waals surface area contributed by atoms with Crippen LogP contribution in [0.4, 0.5) is 13.2 Å². The molecule has 0 radical (unpaired) electrons. The van der Waals surface area contributed by atoms with Gasteiger partial charge in [0.25, 0.3) is 0 Å². The number of hydrogen-bond donors (Lipinski definition) is 1. The van der Waals surface area contributed by atoms with Crippen LogP contribution in [0.3, 0.4) is 0 Å². The van der Waals surface area contributed by atoms with E-state index in [1.165, 1.54) is 18.3 Å². The molecule has 0 saturated heterocycles. The molecule has 1 amide bonds. The average molecular weight is 441 g/mol. The molecule has 1 aromatic heterocycles. The molecule has 0 spiro atoms. The van der Waals surface area contributed by atoms with Crippen molar-refractivity contribution in [2.24, 2.45) is 0 Å². The Kier molecular flexibility index (Phi) is 6.90. The van der Waals surface area contributed by atoms with Crippen LogP contribution in [-0.4, -0.2) is 31.7 Å². The van der Waals surface area contributed by atoms with Gasteiger partial charge in [-0.25, -0.2) is 8.42 Å². The zero-order chi connectivity index (χ0) is 20.2. The van der Waals surface area contributed by atoms with Crippen molar-refractivity contribution >= 4 is 38.9 Å². The Balaban J connectivity index is 2.21. The van der Waals surface area contributed by atoms with Gasteiger partial charge in [0.2, 0.25) is 15.9 Å². The first-order valence-corrected chi connectivity index (χ1v) is 10.4. The average Bonchev–Trinajstić information content (AvgIpc) is 3.10. The first kappa shape index (κ1) is 21.7. The van der Waals surface area contributed by atoms with Crippen molar-refractivity contribution < 1.29 is 26.4 Å². The minimum absolute atomic E-state index is 0.110. The lowest BCUT2D eigenvalue weighted by Crippen LogP contribution is -2.40. The van der Waals surface area contributed by atoms with E-state index in [0.717, 1.165) is 15.2 Å². The molecule has 0 aliphatic heterocycles. The summed E-state index contributed by atoms with van der Waals surface area (Å²) in [5.74, 6) is -0.572. The second-order valence-corrected chi connectivity index (χ2v) is 8.78. The number of hydrogen-bond acceptors (Lipinski definition) is 4. The smallest absolute Gasteiger partial charge is 0.350 e. The lowest BCUT2D eigenvalue weighted by molar-refractivity contribution is -0.137. The van der Waals surface area contributed by atoms with Crippen molar-refractivity contribution in [3.8, 4) is 0 Å². The number of amides is 1. The number of thiophene rings is 1. The number of carbonyl (C=O) groups is 1. The van der Waals surface area contributed by atoms with Crippen molar-refractivity contribution in [1.29, 1.82) is 0 Å². The summed E-state index contributed by atoms with van der Waals surface area (Å²) in [4.78, 5) is 12.3. The van der Waals surface area contributed by atoms with Gasteiger partial charge in [0.1, 0.15) is 4.90 Å². The third-order valence-corrected chi connectivity index (χ3v) is 6.87. The van der Waals surface area contributed by atoms with Crippen molar-refractivity contribution in [1.82, 2.24) is 9.62 Å². The third kappa shape index (κ3) is 5.44. The normalized spacial score (nSPS) is 12.4. The van der Waals surface area contributed by atoms with Crippen molar-refractivity contribution in [3.63, 3.8) is 0 Å². The van der Waals surface area contributed by atoms with Crippen LogP contribution in [0.2, 0.25) is 5.02 Å². The highest BCUT2D eigenvalue weighted by atomic mass is 35.5. The number of likely N-dealkylation sites (N-methyl/N-ethyl adjacent to an activating group) is 1. The van der Waals surface area contributed by atoms with E-state index in [1.54, 1.807) is 0 Å². The number of nitrogens with zero attached hydrogens (tertiary/aromatic N) is 1. The number of benzene rings is 1. The van der Waals surface area contributed by atoms with E-state index in [2.05, 4.69) is 5.32 Å². The zero-order valence-electron chi connectivity index (χ0n) is 14.1. The number of alkyl halides is 3. The summed E-state index contributed by atoms with van der Waals surface area (Å²) in [6, 6.07) is 5.67. The van der Waals surface area contributed by atoms with Crippen LogP contribution in [-0.2, 0) is 27.5 Å². The van der Waals surface area contributed by atoms with Gasteiger partial charge in [-0.1, -0.05) is 24.6 Å². The van der Waals surface area contributed by atoms with Gasteiger partial charge < -0.3 is 5.32 Å². The molecule has 2 rings (SSSR count). The summed E-state index contributed by atoms with van der Waals surface area (Å²) < 4.78 is 64.9. The maximum absolute atomic E-state index is 12.9. The van der Waals surface area contributed by atoms with Crippen LogP contribution in [0.25, 0.3) is 0 Å². The quantitative estimate of drug-likeness (QED) is 0.713. The lowest BCUT2D eigenvalue weighted by Gasteiger charge is -2.21. The van der Waals surface area contributed by atoms with Gasteiger partial charge in [0.05, 0.1) is 23.7 Å². The molecule has 0 aliphatic carbocycles. The van der Waals surface area contributed by atoms with Crippen LogP contribution in [0, 0.1) is 0 Å². The Morgan fingerprint density at radius 1 is 1.30 bits per heavy atom. The standard InChI is InChI=1S/C16H16ClF3N2O3S2/c1-2-22(10-15(23)21-9-12-4-3-7-26-12)27(24,25)14-8-11(16(18,19)20)5-6-13(14)17/h3-8H,2,9-10H2,1H3,(H,21,23). The van der Waals surface area contributed by atoms with Crippen LogP contribution >= 0.6 is 22.9 Å². The Bertz CT molecular complexity index is 900. The summed E-state index contributed by atoms with van der Waals surface area (Å²) in [5.41, 5.74) is -1.14. The molecule has 0 saturated carbocycles. The first-order valence-electron chi connectivity index (χ1n) is 7.71. The van der Waals surface area contributed by atoms with E-state index in [-0.39, 0.29) is 18.1 Å². The molecular formula is C16H16ClF3N2O3S2. The number of carbonyl (C=O) groups excluding carboxylic acids is 1. The fourth-order valence-corrected chi connectivity index (χ4v) is 4.75. The molecule has 0 fully saturated rings.